The van der Waals surface area contributed by atoms with Crippen LogP contribution >= 0.6 is 0 Å². The molecule has 2 rings (SSSR count). The third-order valence-electron chi connectivity index (χ3n) is 3.65. The summed E-state index contributed by atoms with van der Waals surface area (Å²) in [6, 6.07) is 0. The third-order valence-corrected chi connectivity index (χ3v) is 3.65. The molecule has 1 amide bonds. The van der Waals surface area contributed by atoms with E-state index in [1.54, 1.807) is 10.9 Å². The zero-order valence-corrected chi connectivity index (χ0v) is 11.1. The van der Waals surface area contributed by atoms with Crippen LogP contribution in [0.25, 0.3) is 0 Å². The van der Waals surface area contributed by atoms with Crippen LogP contribution in [0, 0.1) is 0 Å². The molecule has 6 heteroatoms. The summed E-state index contributed by atoms with van der Waals surface area (Å²) >= 11 is 0. The largest absolute Gasteiger partial charge is 0.481 e. The Morgan fingerprint density at radius 2 is 2.16 bits per heavy atom. The van der Waals surface area contributed by atoms with Crippen LogP contribution in [0.5, 0.6) is 0 Å². The van der Waals surface area contributed by atoms with Gasteiger partial charge in [-0.2, -0.15) is 5.10 Å². The van der Waals surface area contributed by atoms with Gasteiger partial charge in [-0.15, -0.1) is 0 Å². The van der Waals surface area contributed by atoms with Crippen LogP contribution in [0.2, 0.25) is 0 Å². The zero-order chi connectivity index (χ0) is 13.9. The van der Waals surface area contributed by atoms with Gasteiger partial charge in [-0.1, -0.05) is 12.8 Å². The lowest BCUT2D eigenvalue weighted by Gasteiger charge is -2.28. The number of carbonyl (C=O) groups is 2. The van der Waals surface area contributed by atoms with E-state index < -0.39 is 11.5 Å². The van der Waals surface area contributed by atoms with Crippen molar-refractivity contribution in [2.45, 2.75) is 51.1 Å². The summed E-state index contributed by atoms with van der Waals surface area (Å²) in [5, 5.41) is 16.0. The van der Waals surface area contributed by atoms with Crippen molar-refractivity contribution in [2.75, 3.05) is 0 Å². The van der Waals surface area contributed by atoms with Crippen LogP contribution in [0.3, 0.4) is 0 Å². The van der Waals surface area contributed by atoms with Crippen LogP contribution in [-0.2, 0) is 11.3 Å². The summed E-state index contributed by atoms with van der Waals surface area (Å²) in [6.45, 7) is 2.64. The second kappa shape index (κ2) is 5.42. The minimum Gasteiger partial charge on any atom is -0.481 e. The summed E-state index contributed by atoms with van der Waals surface area (Å²) in [5.41, 5.74) is -0.101. The second-order valence-electron chi connectivity index (χ2n) is 5.10. The van der Waals surface area contributed by atoms with Gasteiger partial charge in [0.05, 0.1) is 23.7 Å². The molecule has 1 heterocycles. The Balaban J connectivity index is 2.08. The fraction of sp³-hybridized carbons (Fsp3) is 0.615. The molecule has 19 heavy (non-hydrogen) atoms. The van der Waals surface area contributed by atoms with Gasteiger partial charge in [-0.25, -0.2) is 0 Å². The van der Waals surface area contributed by atoms with Crippen LogP contribution < -0.4 is 5.32 Å². The number of carboxylic acid groups (broad SMARTS) is 1. The van der Waals surface area contributed by atoms with Crippen molar-refractivity contribution in [3.05, 3.63) is 18.0 Å². The predicted molar refractivity (Wildman–Crippen MR) is 68.8 cm³/mol. The van der Waals surface area contributed by atoms with E-state index in [9.17, 15) is 9.59 Å². The van der Waals surface area contributed by atoms with Crippen molar-refractivity contribution in [2.24, 2.45) is 0 Å². The number of carbonyl (C=O) groups excluding carboxylic acids is 1. The number of carboxylic acids is 1. The first-order valence-electron chi connectivity index (χ1n) is 6.61. The molecule has 0 bridgehead atoms. The lowest BCUT2D eigenvalue weighted by molar-refractivity contribution is -0.138. The molecule has 6 nitrogen and oxygen atoms in total. The van der Waals surface area contributed by atoms with Crippen LogP contribution in [0.1, 0.15) is 49.4 Å². The van der Waals surface area contributed by atoms with Crippen LogP contribution in [0.15, 0.2) is 12.4 Å². The highest BCUT2D eigenvalue weighted by Crippen LogP contribution is 2.32. The lowest BCUT2D eigenvalue weighted by atomic mass is 9.93. The molecule has 1 aliphatic carbocycles. The first-order valence-corrected chi connectivity index (χ1v) is 6.61. The molecule has 0 saturated heterocycles. The van der Waals surface area contributed by atoms with Gasteiger partial charge in [0.2, 0.25) is 0 Å². The first kappa shape index (κ1) is 13.6. The Labute approximate surface area is 111 Å². The standard InChI is InChI=1S/C13H19N3O3/c1-2-16-9-10(8-14-16)12(19)15-13(7-11(17)18)5-3-4-6-13/h8-9H,2-7H2,1H3,(H,15,19)(H,17,18). The number of aromatic nitrogens is 2. The summed E-state index contributed by atoms with van der Waals surface area (Å²) in [6.07, 6.45) is 6.56. The quantitative estimate of drug-likeness (QED) is 0.843. The number of hydrogen-bond acceptors (Lipinski definition) is 3. The molecule has 2 N–H and O–H groups in total. The Hall–Kier alpha value is -1.85. The molecule has 1 saturated carbocycles. The fourth-order valence-corrected chi connectivity index (χ4v) is 2.65. The minimum absolute atomic E-state index is 0.0132. The van der Waals surface area contributed by atoms with Crippen LogP contribution in [-0.4, -0.2) is 32.3 Å². The summed E-state index contributed by atoms with van der Waals surface area (Å²) < 4.78 is 1.67. The molecule has 104 valence electrons. The smallest absolute Gasteiger partial charge is 0.305 e. The van der Waals surface area contributed by atoms with E-state index >= 15 is 0 Å². The van der Waals surface area contributed by atoms with E-state index in [4.69, 9.17) is 5.11 Å². The van der Waals surface area contributed by atoms with Gasteiger partial charge in [0, 0.05) is 12.7 Å². The Morgan fingerprint density at radius 1 is 1.47 bits per heavy atom. The number of hydrogen-bond donors (Lipinski definition) is 2. The highest BCUT2D eigenvalue weighted by Gasteiger charge is 2.37. The van der Waals surface area contributed by atoms with Crippen molar-refractivity contribution in [1.29, 1.82) is 0 Å². The topological polar surface area (TPSA) is 84.2 Å². The molecule has 1 aliphatic rings. The van der Waals surface area contributed by atoms with E-state index in [0.29, 0.717) is 12.1 Å². The first-order chi connectivity index (χ1) is 9.04. The van der Waals surface area contributed by atoms with E-state index in [-0.39, 0.29) is 12.3 Å². The number of rotatable bonds is 5. The lowest BCUT2D eigenvalue weighted by Crippen LogP contribution is -2.47. The molecular formula is C13H19N3O3. The van der Waals surface area contributed by atoms with Crippen molar-refractivity contribution >= 4 is 11.9 Å². The van der Waals surface area contributed by atoms with Crippen molar-refractivity contribution in [3.8, 4) is 0 Å². The molecule has 1 aromatic heterocycles. The van der Waals surface area contributed by atoms with Gasteiger partial charge in [-0.05, 0) is 19.8 Å². The monoisotopic (exact) mass is 265 g/mol. The molecule has 1 fully saturated rings. The summed E-state index contributed by atoms with van der Waals surface area (Å²) in [7, 11) is 0. The maximum atomic E-state index is 12.2. The van der Waals surface area contributed by atoms with Crippen molar-refractivity contribution in [1.82, 2.24) is 15.1 Å². The van der Waals surface area contributed by atoms with Gasteiger partial charge < -0.3 is 10.4 Å². The maximum Gasteiger partial charge on any atom is 0.305 e. The average Bonchev–Trinajstić information content (AvgIpc) is 2.97. The number of aliphatic carboxylic acids is 1. The van der Waals surface area contributed by atoms with Gasteiger partial charge in [0.1, 0.15) is 0 Å². The SMILES string of the molecule is CCn1cc(C(=O)NC2(CC(=O)O)CCCC2)cn1. The Morgan fingerprint density at radius 3 is 2.68 bits per heavy atom. The number of aryl methyl sites for hydroxylation is 1. The van der Waals surface area contributed by atoms with E-state index in [1.165, 1.54) is 6.20 Å². The highest BCUT2D eigenvalue weighted by molar-refractivity contribution is 5.94. The van der Waals surface area contributed by atoms with Gasteiger partial charge >= 0.3 is 5.97 Å². The normalized spacial score (nSPS) is 17.3. The third kappa shape index (κ3) is 3.13. The van der Waals surface area contributed by atoms with Gasteiger partial charge in [0.15, 0.2) is 0 Å². The summed E-state index contributed by atoms with van der Waals surface area (Å²) in [4.78, 5) is 23.1. The van der Waals surface area contributed by atoms with Crippen molar-refractivity contribution in [3.63, 3.8) is 0 Å². The fourth-order valence-electron chi connectivity index (χ4n) is 2.65. The van der Waals surface area contributed by atoms with E-state index in [0.717, 1.165) is 25.7 Å². The van der Waals surface area contributed by atoms with Gasteiger partial charge in [-0.3, -0.25) is 14.3 Å². The van der Waals surface area contributed by atoms with Gasteiger partial charge in [0.25, 0.3) is 5.91 Å². The molecule has 0 radical (unpaired) electrons. The van der Waals surface area contributed by atoms with E-state index in [1.807, 2.05) is 6.92 Å². The molecule has 0 aromatic carbocycles. The van der Waals surface area contributed by atoms with Crippen molar-refractivity contribution < 1.29 is 14.7 Å². The molecule has 0 atom stereocenters. The molecule has 1 aromatic rings. The Kier molecular flexibility index (Phi) is 3.87. The second-order valence-corrected chi connectivity index (χ2v) is 5.10. The van der Waals surface area contributed by atoms with E-state index in [2.05, 4.69) is 10.4 Å². The zero-order valence-electron chi connectivity index (χ0n) is 11.1. The molecule has 0 unspecified atom stereocenters. The average molecular weight is 265 g/mol. The predicted octanol–water partition coefficient (Wildman–Crippen LogP) is 1.42. The number of amides is 1. The Bertz CT molecular complexity index is 475. The summed E-state index contributed by atoms with van der Waals surface area (Å²) in [5.74, 6) is -1.10. The van der Waals surface area contributed by atoms with Crippen LogP contribution in [0.4, 0.5) is 0 Å². The molecule has 0 spiro atoms. The number of nitrogens with one attached hydrogen (secondary N) is 1. The maximum absolute atomic E-state index is 12.2. The molecule has 0 aliphatic heterocycles. The highest BCUT2D eigenvalue weighted by atomic mass is 16.4. The molecular weight excluding hydrogens is 246 g/mol. The minimum atomic E-state index is -0.869. The number of nitrogens with zero attached hydrogens (tertiary/aromatic N) is 2.